The van der Waals surface area contributed by atoms with Crippen LogP contribution in [0.5, 0.6) is 0 Å². The highest BCUT2D eigenvalue weighted by Crippen LogP contribution is 2.32. The molecule has 1 fully saturated rings. The SMILES string of the molecule is Cc1ccc(CNC[C@@H]2CCCO[C@H]2c2cnn(C)c2)c(=O)n1C. The molecule has 3 heterocycles. The summed E-state index contributed by atoms with van der Waals surface area (Å²) in [6, 6.07) is 3.90. The Labute approximate surface area is 142 Å². The first-order valence-electron chi connectivity index (χ1n) is 8.52. The van der Waals surface area contributed by atoms with Crippen LogP contribution in [0, 0.1) is 12.8 Å². The summed E-state index contributed by atoms with van der Waals surface area (Å²) in [5, 5.41) is 7.70. The average molecular weight is 330 g/mol. The second kappa shape index (κ2) is 7.32. The van der Waals surface area contributed by atoms with Crippen molar-refractivity contribution in [1.82, 2.24) is 19.7 Å². The lowest BCUT2D eigenvalue weighted by Crippen LogP contribution is -2.33. The van der Waals surface area contributed by atoms with Gasteiger partial charge in [0.1, 0.15) is 0 Å². The van der Waals surface area contributed by atoms with E-state index in [9.17, 15) is 4.79 Å². The first-order valence-corrected chi connectivity index (χ1v) is 8.52. The molecule has 3 rings (SSSR count). The summed E-state index contributed by atoms with van der Waals surface area (Å²) in [6.07, 6.45) is 6.20. The van der Waals surface area contributed by atoms with Gasteiger partial charge < -0.3 is 14.6 Å². The molecule has 0 amide bonds. The third-order valence-corrected chi connectivity index (χ3v) is 4.85. The lowest BCUT2D eigenvalue weighted by molar-refractivity contribution is -0.0279. The molecule has 1 saturated heterocycles. The lowest BCUT2D eigenvalue weighted by atomic mass is 9.91. The maximum Gasteiger partial charge on any atom is 0.254 e. The molecule has 1 aliphatic heterocycles. The molecule has 1 aliphatic rings. The predicted molar refractivity (Wildman–Crippen MR) is 92.8 cm³/mol. The molecule has 2 aromatic heterocycles. The molecule has 24 heavy (non-hydrogen) atoms. The summed E-state index contributed by atoms with van der Waals surface area (Å²) in [5.74, 6) is 0.400. The van der Waals surface area contributed by atoms with Crippen molar-refractivity contribution in [2.75, 3.05) is 13.2 Å². The van der Waals surface area contributed by atoms with Crippen molar-refractivity contribution in [2.24, 2.45) is 20.0 Å². The van der Waals surface area contributed by atoms with Crippen LogP contribution in [0.1, 0.15) is 35.8 Å². The Morgan fingerprint density at radius 3 is 2.96 bits per heavy atom. The second-order valence-electron chi connectivity index (χ2n) is 6.64. The topological polar surface area (TPSA) is 61.1 Å². The van der Waals surface area contributed by atoms with E-state index in [-0.39, 0.29) is 11.7 Å². The number of ether oxygens (including phenoxy) is 1. The van der Waals surface area contributed by atoms with E-state index in [2.05, 4.69) is 10.4 Å². The smallest absolute Gasteiger partial charge is 0.254 e. The zero-order valence-electron chi connectivity index (χ0n) is 14.7. The van der Waals surface area contributed by atoms with Crippen molar-refractivity contribution in [3.63, 3.8) is 0 Å². The standard InChI is InChI=1S/C18H26N4O2/c1-13-6-7-15(18(23)22(13)3)10-19-9-14-5-4-8-24-17(14)16-11-20-21(2)12-16/h6-7,11-12,14,17,19H,4-5,8-10H2,1-3H3/t14-,17+/m0/s1. The summed E-state index contributed by atoms with van der Waals surface area (Å²) >= 11 is 0. The van der Waals surface area contributed by atoms with Crippen LogP contribution >= 0.6 is 0 Å². The molecule has 0 aromatic carbocycles. The maximum atomic E-state index is 12.2. The van der Waals surface area contributed by atoms with E-state index < -0.39 is 0 Å². The molecule has 6 heteroatoms. The Kier molecular flexibility index (Phi) is 5.16. The van der Waals surface area contributed by atoms with Gasteiger partial charge in [0.05, 0.1) is 12.3 Å². The zero-order chi connectivity index (χ0) is 17.1. The van der Waals surface area contributed by atoms with Crippen LogP contribution < -0.4 is 10.9 Å². The maximum absolute atomic E-state index is 12.2. The van der Waals surface area contributed by atoms with Crippen LogP contribution in [0.25, 0.3) is 0 Å². The Morgan fingerprint density at radius 1 is 1.38 bits per heavy atom. The summed E-state index contributed by atoms with van der Waals surface area (Å²) in [5.41, 5.74) is 2.99. The van der Waals surface area contributed by atoms with Crippen LogP contribution in [0.2, 0.25) is 0 Å². The molecular formula is C18H26N4O2. The number of rotatable bonds is 5. The summed E-state index contributed by atoms with van der Waals surface area (Å²) < 4.78 is 9.50. The van der Waals surface area contributed by atoms with Crippen LogP contribution in [-0.2, 0) is 25.4 Å². The van der Waals surface area contributed by atoms with Gasteiger partial charge in [0, 0.05) is 62.7 Å². The Morgan fingerprint density at radius 2 is 2.21 bits per heavy atom. The summed E-state index contributed by atoms with van der Waals surface area (Å²) in [4.78, 5) is 12.2. The third kappa shape index (κ3) is 3.60. The minimum atomic E-state index is 0.0752. The third-order valence-electron chi connectivity index (χ3n) is 4.85. The highest BCUT2D eigenvalue weighted by Gasteiger charge is 2.28. The molecule has 0 unspecified atom stereocenters. The highest BCUT2D eigenvalue weighted by atomic mass is 16.5. The quantitative estimate of drug-likeness (QED) is 0.906. The van der Waals surface area contributed by atoms with Crippen molar-refractivity contribution in [1.29, 1.82) is 0 Å². The van der Waals surface area contributed by atoms with Gasteiger partial charge in [-0.1, -0.05) is 6.07 Å². The van der Waals surface area contributed by atoms with E-state index in [1.54, 1.807) is 4.57 Å². The van der Waals surface area contributed by atoms with Gasteiger partial charge in [-0.2, -0.15) is 5.10 Å². The zero-order valence-corrected chi connectivity index (χ0v) is 14.7. The molecule has 0 bridgehead atoms. The molecule has 2 aromatic rings. The summed E-state index contributed by atoms with van der Waals surface area (Å²) in [6.45, 7) is 4.16. The Balaban J connectivity index is 1.62. The largest absolute Gasteiger partial charge is 0.373 e. The van der Waals surface area contributed by atoms with Gasteiger partial charge in [-0.25, -0.2) is 0 Å². The van der Waals surface area contributed by atoms with E-state index in [1.165, 1.54) is 0 Å². The monoisotopic (exact) mass is 330 g/mol. The van der Waals surface area contributed by atoms with E-state index in [4.69, 9.17) is 4.74 Å². The van der Waals surface area contributed by atoms with Gasteiger partial charge in [-0.3, -0.25) is 9.48 Å². The molecular weight excluding hydrogens is 304 g/mol. The van der Waals surface area contributed by atoms with Gasteiger partial charge in [0.2, 0.25) is 0 Å². The number of aryl methyl sites for hydroxylation is 2. The molecule has 0 radical (unpaired) electrons. The Hall–Kier alpha value is -1.92. The summed E-state index contributed by atoms with van der Waals surface area (Å²) in [7, 11) is 3.74. The minimum absolute atomic E-state index is 0.0752. The molecule has 1 N–H and O–H groups in total. The first kappa shape index (κ1) is 16.9. The second-order valence-corrected chi connectivity index (χ2v) is 6.64. The van der Waals surface area contributed by atoms with Gasteiger partial charge >= 0.3 is 0 Å². The number of hydrogen-bond acceptors (Lipinski definition) is 4. The molecule has 0 spiro atoms. The number of nitrogens with zero attached hydrogens (tertiary/aromatic N) is 3. The minimum Gasteiger partial charge on any atom is -0.373 e. The average Bonchev–Trinajstić information content (AvgIpc) is 3.01. The van der Waals surface area contributed by atoms with E-state index >= 15 is 0 Å². The highest BCUT2D eigenvalue weighted by molar-refractivity contribution is 5.15. The predicted octanol–water partition coefficient (Wildman–Crippen LogP) is 1.68. The normalized spacial score (nSPS) is 21.1. The molecule has 130 valence electrons. The molecule has 0 saturated carbocycles. The first-order chi connectivity index (χ1) is 11.6. The molecule has 2 atom stereocenters. The number of pyridine rings is 1. The van der Waals surface area contributed by atoms with Gasteiger partial charge in [0.15, 0.2) is 0 Å². The fourth-order valence-corrected chi connectivity index (χ4v) is 3.31. The lowest BCUT2D eigenvalue weighted by Gasteiger charge is -2.31. The van der Waals surface area contributed by atoms with Gasteiger partial charge in [-0.05, 0) is 25.8 Å². The van der Waals surface area contributed by atoms with Crippen molar-refractivity contribution >= 4 is 0 Å². The van der Waals surface area contributed by atoms with Crippen molar-refractivity contribution in [2.45, 2.75) is 32.4 Å². The van der Waals surface area contributed by atoms with Gasteiger partial charge in [-0.15, -0.1) is 0 Å². The van der Waals surface area contributed by atoms with Gasteiger partial charge in [0.25, 0.3) is 5.56 Å². The number of aromatic nitrogens is 3. The number of hydrogen-bond donors (Lipinski definition) is 1. The Bertz CT molecular complexity index is 750. The molecule has 6 nitrogen and oxygen atoms in total. The van der Waals surface area contributed by atoms with Crippen LogP contribution in [0.3, 0.4) is 0 Å². The fraction of sp³-hybridized carbons (Fsp3) is 0.556. The van der Waals surface area contributed by atoms with Crippen molar-refractivity contribution < 1.29 is 4.74 Å². The van der Waals surface area contributed by atoms with E-state index in [1.807, 2.05) is 50.2 Å². The van der Waals surface area contributed by atoms with E-state index in [0.717, 1.165) is 42.8 Å². The molecule has 0 aliphatic carbocycles. The van der Waals surface area contributed by atoms with Crippen molar-refractivity contribution in [3.8, 4) is 0 Å². The van der Waals surface area contributed by atoms with Crippen molar-refractivity contribution in [3.05, 3.63) is 51.7 Å². The van der Waals surface area contributed by atoms with Crippen LogP contribution in [0.15, 0.2) is 29.3 Å². The van der Waals surface area contributed by atoms with Crippen LogP contribution in [0.4, 0.5) is 0 Å². The number of nitrogens with one attached hydrogen (secondary N) is 1. The fourth-order valence-electron chi connectivity index (χ4n) is 3.31. The van der Waals surface area contributed by atoms with Crippen LogP contribution in [-0.4, -0.2) is 27.5 Å². The van der Waals surface area contributed by atoms with E-state index in [0.29, 0.717) is 12.5 Å².